The molecule has 0 bridgehead atoms. The number of carbonyl (C=O) groups is 1. The second-order valence-corrected chi connectivity index (χ2v) is 11.2. The quantitative estimate of drug-likeness (QED) is 0.292. The van der Waals surface area contributed by atoms with Gasteiger partial charge < -0.3 is 24.1 Å². The van der Waals surface area contributed by atoms with Crippen LogP contribution in [0.4, 0.5) is 4.39 Å². The van der Waals surface area contributed by atoms with Gasteiger partial charge in [0.2, 0.25) is 5.88 Å². The second-order valence-electron chi connectivity index (χ2n) is 11.2. The third-order valence-electron chi connectivity index (χ3n) is 8.74. The number of H-pyrrole nitrogens is 1. The molecule has 4 heterocycles. The first-order valence-electron chi connectivity index (χ1n) is 13.8. The summed E-state index contributed by atoms with van der Waals surface area (Å²) in [5, 5.41) is 18.4. The van der Waals surface area contributed by atoms with Gasteiger partial charge in [-0.1, -0.05) is 18.2 Å². The van der Waals surface area contributed by atoms with E-state index in [1.807, 2.05) is 18.2 Å². The lowest BCUT2D eigenvalue weighted by Gasteiger charge is -2.28. The molecule has 1 saturated heterocycles. The average Bonchev–Trinajstić information content (AvgIpc) is 3.30. The van der Waals surface area contributed by atoms with Crippen LogP contribution in [-0.4, -0.2) is 43.3 Å². The Balaban J connectivity index is 1.06. The molecule has 3 atom stereocenters. The van der Waals surface area contributed by atoms with E-state index < -0.39 is 11.8 Å². The van der Waals surface area contributed by atoms with E-state index >= 15 is 0 Å². The fourth-order valence-electron chi connectivity index (χ4n) is 6.15. The van der Waals surface area contributed by atoms with Crippen molar-refractivity contribution in [2.75, 3.05) is 6.61 Å². The summed E-state index contributed by atoms with van der Waals surface area (Å²) in [6.07, 6.45) is 7.24. The third kappa shape index (κ3) is 4.66. The molecular formula is C31H28FN5O4. The van der Waals surface area contributed by atoms with Crippen LogP contribution in [-0.2, 0) is 17.9 Å². The summed E-state index contributed by atoms with van der Waals surface area (Å²) in [7, 11) is 0. The van der Waals surface area contributed by atoms with Gasteiger partial charge in [0.25, 0.3) is 0 Å². The first kappa shape index (κ1) is 25.5. The Morgan fingerprint density at radius 2 is 2.17 bits per heavy atom. The van der Waals surface area contributed by atoms with E-state index in [9.17, 15) is 14.3 Å². The number of pyridine rings is 1. The van der Waals surface area contributed by atoms with Gasteiger partial charge in [-0.3, -0.25) is 0 Å². The number of aromatic nitrogens is 4. The van der Waals surface area contributed by atoms with Crippen LogP contribution in [0.2, 0.25) is 0 Å². The van der Waals surface area contributed by atoms with Crippen LogP contribution in [0.25, 0.3) is 16.7 Å². The van der Waals surface area contributed by atoms with Gasteiger partial charge in [-0.05, 0) is 67.4 Å². The lowest BCUT2D eigenvalue weighted by atomic mass is 9.83. The molecule has 9 nitrogen and oxygen atoms in total. The van der Waals surface area contributed by atoms with Crippen molar-refractivity contribution in [1.82, 2.24) is 19.5 Å². The molecule has 2 fully saturated rings. The summed E-state index contributed by atoms with van der Waals surface area (Å²) in [6, 6.07) is 13.6. The number of halogens is 1. The number of carboxylic acid groups (broad SMARTS) is 1. The minimum atomic E-state index is -0.992. The first-order valence-corrected chi connectivity index (χ1v) is 13.8. The van der Waals surface area contributed by atoms with Crippen LogP contribution >= 0.6 is 0 Å². The highest BCUT2D eigenvalue weighted by molar-refractivity contribution is 5.91. The largest absolute Gasteiger partial charge is 0.477 e. The summed E-state index contributed by atoms with van der Waals surface area (Å²) in [6.45, 7) is 1.47. The molecule has 2 N–H and O–H groups in total. The van der Waals surface area contributed by atoms with Crippen LogP contribution in [0.3, 0.4) is 0 Å². The van der Waals surface area contributed by atoms with Crippen molar-refractivity contribution in [3.63, 3.8) is 0 Å². The highest BCUT2D eigenvalue weighted by atomic mass is 19.1. The molecule has 3 aromatic heterocycles. The molecule has 10 heteroatoms. The van der Waals surface area contributed by atoms with Gasteiger partial charge in [0, 0.05) is 24.2 Å². The zero-order valence-corrected chi connectivity index (χ0v) is 22.3. The molecule has 3 aliphatic rings. The van der Waals surface area contributed by atoms with E-state index in [2.05, 4.69) is 20.6 Å². The molecule has 1 aliphatic heterocycles. The molecule has 208 valence electrons. The number of benzene rings is 1. The summed E-state index contributed by atoms with van der Waals surface area (Å²) < 4.78 is 27.9. The number of nitriles is 1. The Morgan fingerprint density at radius 3 is 2.88 bits per heavy atom. The predicted molar refractivity (Wildman–Crippen MR) is 147 cm³/mol. The number of ether oxygens (including phenoxy) is 2. The van der Waals surface area contributed by atoms with E-state index in [1.165, 1.54) is 11.6 Å². The highest BCUT2D eigenvalue weighted by Crippen LogP contribution is 2.66. The molecule has 1 aromatic carbocycles. The Hall–Kier alpha value is -4.49. The van der Waals surface area contributed by atoms with Crippen LogP contribution in [0.15, 0.2) is 48.5 Å². The number of imidazole rings is 1. The van der Waals surface area contributed by atoms with E-state index in [-0.39, 0.29) is 29.4 Å². The van der Waals surface area contributed by atoms with Crippen molar-refractivity contribution in [3.8, 4) is 11.9 Å². The number of aromatic amines is 1. The van der Waals surface area contributed by atoms with Crippen molar-refractivity contribution < 1.29 is 23.8 Å². The number of allylic oxidation sites excluding steroid dienone is 2. The zero-order chi connectivity index (χ0) is 28.1. The summed E-state index contributed by atoms with van der Waals surface area (Å²) in [5.74, 6) is 0.277. The van der Waals surface area contributed by atoms with Crippen LogP contribution in [0, 0.1) is 22.6 Å². The van der Waals surface area contributed by atoms with Gasteiger partial charge in [0.05, 0.1) is 35.5 Å². The lowest BCUT2D eigenvalue weighted by Crippen LogP contribution is -2.31. The van der Waals surface area contributed by atoms with E-state index in [0.29, 0.717) is 29.6 Å². The lowest BCUT2D eigenvalue weighted by molar-refractivity contribution is -0.0590. The molecular weight excluding hydrogens is 525 g/mol. The van der Waals surface area contributed by atoms with Gasteiger partial charge >= 0.3 is 5.97 Å². The van der Waals surface area contributed by atoms with Crippen molar-refractivity contribution in [3.05, 3.63) is 82.7 Å². The molecule has 2 aliphatic carbocycles. The maximum Gasteiger partial charge on any atom is 0.352 e. The standard InChI is InChI=1S/C31H28FN5O4/c32-23-12-18(15-33)4-5-20(23)17-41-27-3-1-2-24(34-27)19-6-9-31(10-7-19)14-22(31)29-36-28-26(13-25(35-28)30(38)39)37(29)16-21-8-11-40-21/h1-6,12-13,21-22,35H,7-11,14,16-17H2,(H,38,39)/t21-,22?,31?/m0/s1. The molecule has 1 spiro atoms. The average molecular weight is 554 g/mol. The number of hydrogen-bond donors (Lipinski definition) is 2. The maximum absolute atomic E-state index is 14.2. The van der Waals surface area contributed by atoms with Gasteiger partial charge in [0.15, 0.2) is 5.65 Å². The van der Waals surface area contributed by atoms with Gasteiger partial charge in [-0.25, -0.2) is 19.2 Å². The topological polar surface area (TPSA) is 126 Å². The molecule has 0 radical (unpaired) electrons. The van der Waals surface area contributed by atoms with E-state index in [0.717, 1.165) is 55.7 Å². The van der Waals surface area contributed by atoms with Gasteiger partial charge in [0.1, 0.15) is 23.9 Å². The minimum absolute atomic E-state index is 0.0261. The maximum atomic E-state index is 14.2. The fourth-order valence-corrected chi connectivity index (χ4v) is 6.15. The van der Waals surface area contributed by atoms with E-state index in [1.54, 1.807) is 24.3 Å². The number of fused-ring (bicyclic) bond motifs is 1. The Morgan fingerprint density at radius 1 is 1.29 bits per heavy atom. The summed E-state index contributed by atoms with van der Waals surface area (Å²) >= 11 is 0. The van der Waals surface area contributed by atoms with Crippen LogP contribution < -0.4 is 4.74 Å². The molecule has 41 heavy (non-hydrogen) atoms. The number of rotatable bonds is 8. The second kappa shape index (κ2) is 9.85. The summed E-state index contributed by atoms with van der Waals surface area (Å²) in [5.41, 5.74) is 4.39. The SMILES string of the molecule is N#Cc1ccc(COc2cccc(C3=CCC4(CC3)CC4c3nc4[nH]c(C(=O)O)cc4n3C[C@@H]3CCO3)n2)c(F)c1. The number of carboxylic acids is 1. The number of aromatic carboxylic acids is 1. The molecule has 7 rings (SSSR count). The third-order valence-corrected chi connectivity index (χ3v) is 8.74. The van der Waals surface area contributed by atoms with Crippen molar-refractivity contribution in [2.45, 2.75) is 57.3 Å². The van der Waals surface area contributed by atoms with Crippen LogP contribution in [0.1, 0.15) is 71.2 Å². The van der Waals surface area contributed by atoms with Gasteiger partial charge in [-0.2, -0.15) is 5.26 Å². The Kier molecular flexibility index (Phi) is 6.12. The van der Waals surface area contributed by atoms with E-state index in [4.69, 9.17) is 19.7 Å². The number of hydrogen-bond acceptors (Lipinski definition) is 6. The van der Waals surface area contributed by atoms with Crippen LogP contribution in [0.5, 0.6) is 5.88 Å². The molecule has 1 saturated carbocycles. The number of nitrogens with one attached hydrogen (secondary N) is 1. The monoisotopic (exact) mass is 553 g/mol. The molecule has 4 aromatic rings. The Labute approximate surface area is 235 Å². The molecule has 2 unspecified atom stereocenters. The van der Waals surface area contributed by atoms with Crippen molar-refractivity contribution in [1.29, 1.82) is 5.26 Å². The molecule has 0 amide bonds. The number of nitrogens with zero attached hydrogens (tertiary/aromatic N) is 4. The fraction of sp³-hybridized carbons (Fsp3) is 0.355. The normalized spacial score (nSPS) is 23.2. The minimum Gasteiger partial charge on any atom is -0.477 e. The zero-order valence-electron chi connectivity index (χ0n) is 22.3. The first-order chi connectivity index (χ1) is 19.9. The highest BCUT2D eigenvalue weighted by Gasteiger charge is 2.56. The predicted octanol–water partition coefficient (Wildman–Crippen LogP) is 5.58. The smallest absolute Gasteiger partial charge is 0.352 e. The van der Waals surface area contributed by atoms with Crippen molar-refractivity contribution in [2.24, 2.45) is 5.41 Å². The van der Waals surface area contributed by atoms with Gasteiger partial charge in [-0.15, -0.1) is 0 Å². The van der Waals surface area contributed by atoms with Crippen molar-refractivity contribution >= 4 is 22.7 Å². The Bertz CT molecular complexity index is 1750. The summed E-state index contributed by atoms with van der Waals surface area (Å²) in [4.78, 5) is 24.0.